The van der Waals surface area contributed by atoms with Crippen molar-refractivity contribution in [2.75, 3.05) is 13.2 Å². The van der Waals surface area contributed by atoms with Gasteiger partial charge in [0.05, 0.1) is 5.39 Å². The summed E-state index contributed by atoms with van der Waals surface area (Å²) >= 11 is 3.35. The van der Waals surface area contributed by atoms with E-state index in [0.717, 1.165) is 16.1 Å². The van der Waals surface area contributed by atoms with E-state index in [1.807, 2.05) is 31.2 Å². The molecule has 0 amide bonds. The molecular formula is C19H15BrO5. The lowest BCUT2D eigenvalue weighted by atomic mass is 10.1. The van der Waals surface area contributed by atoms with Gasteiger partial charge in [-0.15, -0.1) is 0 Å². The van der Waals surface area contributed by atoms with Gasteiger partial charge in [0, 0.05) is 10.5 Å². The van der Waals surface area contributed by atoms with Gasteiger partial charge in [-0.1, -0.05) is 33.6 Å². The van der Waals surface area contributed by atoms with Crippen LogP contribution in [0, 0.1) is 6.92 Å². The summed E-state index contributed by atoms with van der Waals surface area (Å²) in [5, 5.41) is 0.439. The molecule has 0 aliphatic carbocycles. The van der Waals surface area contributed by atoms with Crippen molar-refractivity contribution >= 4 is 32.9 Å². The van der Waals surface area contributed by atoms with Crippen molar-refractivity contribution in [3.63, 3.8) is 0 Å². The first-order chi connectivity index (χ1) is 12.0. The van der Waals surface area contributed by atoms with E-state index >= 15 is 0 Å². The average Bonchev–Trinajstić information content (AvgIpc) is 2.59. The maximum absolute atomic E-state index is 12.1. The number of carbonyl (C=O) groups excluding carboxylic acids is 1. The van der Waals surface area contributed by atoms with Gasteiger partial charge in [0.2, 0.25) is 5.76 Å². The van der Waals surface area contributed by atoms with Crippen LogP contribution in [0.4, 0.5) is 0 Å². The standard InChI is InChI=1S/C19H15BrO5/c1-12-5-6-17-15(9-12)16(21)11-18(25-17)19(22)24-8-7-23-14-4-2-3-13(20)10-14/h2-6,9-11H,7-8H2,1H3. The largest absolute Gasteiger partial charge is 0.490 e. The number of benzene rings is 2. The van der Waals surface area contributed by atoms with Crippen molar-refractivity contribution in [3.05, 3.63) is 74.6 Å². The summed E-state index contributed by atoms with van der Waals surface area (Å²) in [5.41, 5.74) is 1.03. The molecular weight excluding hydrogens is 388 g/mol. The molecule has 25 heavy (non-hydrogen) atoms. The molecule has 0 spiro atoms. The third-order valence-corrected chi connectivity index (χ3v) is 3.96. The first-order valence-corrected chi connectivity index (χ1v) is 8.42. The molecule has 0 N–H and O–H groups in total. The molecule has 0 fully saturated rings. The monoisotopic (exact) mass is 402 g/mol. The highest BCUT2D eigenvalue weighted by atomic mass is 79.9. The molecule has 0 aliphatic rings. The number of rotatable bonds is 5. The van der Waals surface area contributed by atoms with E-state index < -0.39 is 5.97 Å². The van der Waals surface area contributed by atoms with Crippen LogP contribution in [-0.2, 0) is 4.74 Å². The van der Waals surface area contributed by atoms with Crippen LogP contribution in [0.2, 0.25) is 0 Å². The highest BCUT2D eigenvalue weighted by molar-refractivity contribution is 9.10. The molecule has 0 unspecified atom stereocenters. The van der Waals surface area contributed by atoms with E-state index in [-0.39, 0.29) is 24.4 Å². The number of carbonyl (C=O) groups is 1. The highest BCUT2D eigenvalue weighted by Crippen LogP contribution is 2.18. The van der Waals surface area contributed by atoms with Gasteiger partial charge in [0.1, 0.15) is 24.5 Å². The van der Waals surface area contributed by atoms with Crippen molar-refractivity contribution < 1.29 is 18.7 Å². The Balaban J connectivity index is 1.62. The predicted molar refractivity (Wildman–Crippen MR) is 97.1 cm³/mol. The zero-order chi connectivity index (χ0) is 17.8. The fourth-order valence-corrected chi connectivity index (χ4v) is 2.67. The van der Waals surface area contributed by atoms with E-state index in [1.165, 1.54) is 0 Å². The van der Waals surface area contributed by atoms with Crippen LogP contribution in [0.15, 0.2) is 62.2 Å². The van der Waals surface area contributed by atoms with E-state index in [2.05, 4.69) is 15.9 Å². The van der Waals surface area contributed by atoms with Crippen LogP contribution in [0.25, 0.3) is 11.0 Å². The lowest BCUT2D eigenvalue weighted by molar-refractivity contribution is 0.0415. The molecule has 0 saturated carbocycles. The number of hydrogen-bond donors (Lipinski definition) is 0. The first-order valence-electron chi connectivity index (χ1n) is 7.63. The number of esters is 1. The van der Waals surface area contributed by atoms with Gasteiger partial charge >= 0.3 is 5.97 Å². The summed E-state index contributed by atoms with van der Waals surface area (Å²) < 4.78 is 16.9. The second kappa shape index (κ2) is 7.53. The van der Waals surface area contributed by atoms with E-state index in [9.17, 15) is 9.59 Å². The molecule has 1 aromatic heterocycles. The summed E-state index contributed by atoms with van der Waals surface area (Å²) in [7, 11) is 0. The average molecular weight is 403 g/mol. The smallest absolute Gasteiger partial charge is 0.374 e. The van der Waals surface area contributed by atoms with Crippen LogP contribution in [-0.4, -0.2) is 19.2 Å². The Hall–Kier alpha value is -2.60. The topological polar surface area (TPSA) is 65.7 Å². The second-order valence-electron chi connectivity index (χ2n) is 5.42. The molecule has 0 atom stereocenters. The summed E-state index contributed by atoms with van der Waals surface area (Å²) in [5.74, 6) is -0.153. The van der Waals surface area contributed by atoms with Gasteiger partial charge in [-0.05, 0) is 37.3 Å². The molecule has 1 heterocycles. The molecule has 3 rings (SSSR count). The van der Waals surface area contributed by atoms with Crippen LogP contribution >= 0.6 is 15.9 Å². The minimum atomic E-state index is -0.697. The van der Waals surface area contributed by atoms with Crippen LogP contribution in [0.5, 0.6) is 5.75 Å². The SMILES string of the molecule is Cc1ccc2oc(C(=O)OCCOc3cccc(Br)c3)cc(=O)c2c1. The number of hydrogen-bond acceptors (Lipinski definition) is 5. The lowest BCUT2D eigenvalue weighted by Gasteiger charge is -2.08. The summed E-state index contributed by atoms with van der Waals surface area (Å²) in [6.45, 7) is 2.12. The van der Waals surface area contributed by atoms with Gasteiger partial charge < -0.3 is 13.9 Å². The summed E-state index contributed by atoms with van der Waals surface area (Å²) in [6.07, 6.45) is 0. The molecule has 0 saturated heterocycles. The summed E-state index contributed by atoms with van der Waals surface area (Å²) in [4.78, 5) is 24.2. The maximum Gasteiger partial charge on any atom is 0.374 e. The second-order valence-corrected chi connectivity index (χ2v) is 6.33. The molecule has 0 bridgehead atoms. The van der Waals surface area contributed by atoms with Crippen molar-refractivity contribution in [1.29, 1.82) is 0 Å². The molecule has 3 aromatic rings. The van der Waals surface area contributed by atoms with Crippen LogP contribution in [0.1, 0.15) is 16.1 Å². The number of halogens is 1. The number of fused-ring (bicyclic) bond motifs is 1. The predicted octanol–water partition coefficient (Wildman–Crippen LogP) is 4.10. The molecule has 128 valence electrons. The minimum Gasteiger partial charge on any atom is -0.490 e. The maximum atomic E-state index is 12.1. The number of ether oxygens (including phenoxy) is 2. The normalized spacial score (nSPS) is 10.6. The van der Waals surface area contributed by atoms with E-state index in [1.54, 1.807) is 18.2 Å². The molecule has 2 aromatic carbocycles. The van der Waals surface area contributed by atoms with Crippen LogP contribution in [0.3, 0.4) is 0 Å². The van der Waals surface area contributed by atoms with Gasteiger partial charge in [-0.2, -0.15) is 0 Å². The quantitative estimate of drug-likeness (QED) is 0.474. The fourth-order valence-electron chi connectivity index (χ4n) is 2.29. The van der Waals surface area contributed by atoms with Crippen molar-refractivity contribution in [2.24, 2.45) is 0 Å². The minimum absolute atomic E-state index is 0.0427. The van der Waals surface area contributed by atoms with E-state index in [4.69, 9.17) is 13.9 Å². The van der Waals surface area contributed by atoms with Crippen molar-refractivity contribution in [2.45, 2.75) is 6.92 Å². The Morgan fingerprint density at radius 1 is 1.12 bits per heavy atom. The molecule has 6 heteroatoms. The van der Waals surface area contributed by atoms with E-state index in [0.29, 0.717) is 16.7 Å². The zero-order valence-corrected chi connectivity index (χ0v) is 15.0. The van der Waals surface area contributed by atoms with Gasteiger partial charge in [-0.25, -0.2) is 4.79 Å². The van der Waals surface area contributed by atoms with Gasteiger partial charge in [0.25, 0.3) is 0 Å². The number of aryl methyl sites for hydroxylation is 1. The third-order valence-electron chi connectivity index (χ3n) is 3.47. The third kappa shape index (κ3) is 4.28. The molecule has 0 aliphatic heterocycles. The Morgan fingerprint density at radius 2 is 1.96 bits per heavy atom. The Bertz CT molecular complexity index is 977. The highest BCUT2D eigenvalue weighted by Gasteiger charge is 2.14. The Morgan fingerprint density at radius 3 is 2.76 bits per heavy atom. The molecule has 0 radical (unpaired) electrons. The Labute approximate surface area is 152 Å². The lowest BCUT2D eigenvalue weighted by Crippen LogP contribution is -2.14. The van der Waals surface area contributed by atoms with Gasteiger partial charge in [-0.3, -0.25) is 4.79 Å². The van der Waals surface area contributed by atoms with Crippen LogP contribution < -0.4 is 10.2 Å². The fraction of sp³-hybridized carbons (Fsp3) is 0.158. The molecule has 5 nitrogen and oxygen atoms in total. The Kier molecular flexibility index (Phi) is 5.19. The van der Waals surface area contributed by atoms with Crippen molar-refractivity contribution in [1.82, 2.24) is 0 Å². The van der Waals surface area contributed by atoms with Crippen molar-refractivity contribution in [3.8, 4) is 5.75 Å². The first kappa shape index (κ1) is 17.2. The summed E-state index contributed by atoms with van der Waals surface area (Å²) in [6, 6.07) is 13.7. The van der Waals surface area contributed by atoms with Gasteiger partial charge in [0.15, 0.2) is 5.43 Å². The zero-order valence-electron chi connectivity index (χ0n) is 13.5.